The summed E-state index contributed by atoms with van der Waals surface area (Å²) in [5.74, 6) is -0.0625. The lowest BCUT2D eigenvalue weighted by Crippen LogP contribution is -2.29. The first-order chi connectivity index (χ1) is 13.3. The molecule has 0 radical (unpaired) electrons. The fraction of sp³-hybridized carbons (Fsp3) is 0.217. The monoisotopic (exact) mass is 357 g/mol. The number of carbonyl (C=O) groups is 1. The number of amides is 1. The molecule has 0 spiro atoms. The second kappa shape index (κ2) is 8.04. The zero-order chi connectivity index (χ0) is 18.5. The molecule has 1 amide bonds. The minimum Gasteiger partial charge on any atom is -0.346 e. The summed E-state index contributed by atoms with van der Waals surface area (Å²) in [5, 5.41) is 7.73. The van der Waals surface area contributed by atoms with Crippen LogP contribution in [0.4, 0.5) is 0 Å². The molecule has 136 valence electrons. The van der Waals surface area contributed by atoms with E-state index in [1.165, 1.54) is 11.3 Å². The Labute approximate surface area is 159 Å². The molecule has 1 unspecified atom stereocenters. The molecule has 1 atom stereocenters. The largest absolute Gasteiger partial charge is 0.346 e. The zero-order valence-corrected chi connectivity index (χ0v) is 15.2. The van der Waals surface area contributed by atoms with Crippen LogP contribution in [0.5, 0.6) is 0 Å². The molecule has 2 aromatic carbocycles. The number of nitrogens with one attached hydrogen (secondary N) is 1. The van der Waals surface area contributed by atoms with Crippen LogP contribution in [0, 0.1) is 0 Å². The Kier molecular flexibility index (Phi) is 5.15. The third-order valence-corrected chi connectivity index (χ3v) is 4.98. The van der Waals surface area contributed by atoms with E-state index in [0.717, 1.165) is 36.9 Å². The normalized spacial score (nSPS) is 16.2. The van der Waals surface area contributed by atoms with Crippen LogP contribution in [-0.4, -0.2) is 15.7 Å². The molecule has 0 fully saturated rings. The van der Waals surface area contributed by atoms with E-state index in [-0.39, 0.29) is 11.9 Å². The Morgan fingerprint density at radius 1 is 1.11 bits per heavy atom. The first-order valence-corrected chi connectivity index (χ1v) is 9.42. The van der Waals surface area contributed by atoms with E-state index in [2.05, 4.69) is 27.2 Å². The van der Waals surface area contributed by atoms with Crippen molar-refractivity contribution in [3.63, 3.8) is 0 Å². The summed E-state index contributed by atoms with van der Waals surface area (Å²) in [6.07, 6.45) is 8.39. The molecule has 3 aromatic rings. The lowest BCUT2D eigenvalue weighted by Gasteiger charge is -2.23. The van der Waals surface area contributed by atoms with Crippen LogP contribution in [0.15, 0.2) is 72.9 Å². The molecule has 0 bridgehead atoms. The fourth-order valence-electron chi connectivity index (χ4n) is 3.62. The van der Waals surface area contributed by atoms with E-state index in [4.69, 9.17) is 0 Å². The van der Waals surface area contributed by atoms with Gasteiger partial charge in [-0.1, -0.05) is 60.7 Å². The van der Waals surface area contributed by atoms with Gasteiger partial charge in [0.25, 0.3) is 0 Å². The van der Waals surface area contributed by atoms with Crippen molar-refractivity contribution < 1.29 is 4.79 Å². The van der Waals surface area contributed by atoms with Crippen LogP contribution in [0.1, 0.15) is 41.3 Å². The van der Waals surface area contributed by atoms with Gasteiger partial charge in [0, 0.05) is 17.3 Å². The lowest BCUT2D eigenvalue weighted by molar-refractivity contribution is -0.117. The Morgan fingerprint density at radius 3 is 2.63 bits per heavy atom. The number of hydrogen-bond acceptors (Lipinski definition) is 2. The highest BCUT2D eigenvalue weighted by Gasteiger charge is 2.25. The van der Waals surface area contributed by atoms with Gasteiger partial charge in [-0.25, -0.2) is 0 Å². The summed E-state index contributed by atoms with van der Waals surface area (Å²) >= 11 is 0. The summed E-state index contributed by atoms with van der Waals surface area (Å²) in [6.45, 7) is 0.769. The van der Waals surface area contributed by atoms with Gasteiger partial charge in [-0.05, 0) is 36.5 Å². The maximum atomic E-state index is 12.4. The molecule has 4 nitrogen and oxygen atoms in total. The Morgan fingerprint density at radius 2 is 1.85 bits per heavy atom. The summed E-state index contributed by atoms with van der Waals surface area (Å²) in [5.41, 5.74) is 4.65. The molecule has 4 rings (SSSR count). The molecule has 1 N–H and O–H groups in total. The molecular weight excluding hydrogens is 334 g/mol. The van der Waals surface area contributed by atoms with Crippen molar-refractivity contribution in [3.05, 3.63) is 95.3 Å². The first kappa shape index (κ1) is 17.3. The molecule has 1 heterocycles. The summed E-state index contributed by atoms with van der Waals surface area (Å²) < 4.78 is 2.07. The Hall–Kier alpha value is -3.14. The first-order valence-electron chi connectivity index (χ1n) is 9.42. The topological polar surface area (TPSA) is 46.9 Å². The van der Waals surface area contributed by atoms with E-state index in [0.29, 0.717) is 0 Å². The number of fused-ring (bicyclic) bond motifs is 1. The fourth-order valence-corrected chi connectivity index (χ4v) is 3.62. The van der Waals surface area contributed by atoms with Gasteiger partial charge in [0.05, 0.1) is 18.8 Å². The van der Waals surface area contributed by atoms with Crippen LogP contribution >= 0.6 is 0 Å². The molecule has 4 heteroatoms. The Balaban J connectivity index is 1.46. The molecule has 1 aromatic heterocycles. The minimum absolute atomic E-state index is 0.0335. The van der Waals surface area contributed by atoms with Crippen molar-refractivity contribution in [1.82, 2.24) is 15.1 Å². The number of aromatic nitrogens is 2. The van der Waals surface area contributed by atoms with E-state index in [1.807, 2.05) is 60.8 Å². The SMILES string of the molecule is O=C(/C=C/c1ccccc1)NC1CCCc2c1cnn2Cc1ccccc1. The van der Waals surface area contributed by atoms with Crippen LogP contribution in [0.2, 0.25) is 0 Å². The highest BCUT2D eigenvalue weighted by Crippen LogP contribution is 2.30. The van der Waals surface area contributed by atoms with Crippen molar-refractivity contribution in [1.29, 1.82) is 0 Å². The summed E-state index contributed by atoms with van der Waals surface area (Å²) in [7, 11) is 0. The molecule has 0 saturated heterocycles. The van der Waals surface area contributed by atoms with Gasteiger partial charge in [0.2, 0.25) is 5.91 Å². The lowest BCUT2D eigenvalue weighted by atomic mass is 9.93. The maximum Gasteiger partial charge on any atom is 0.244 e. The average Bonchev–Trinajstić information content (AvgIpc) is 3.12. The van der Waals surface area contributed by atoms with Gasteiger partial charge < -0.3 is 5.32 Å². The second-order valence-corrected chi connectivity index (χ2v) is 6.89. The molecule has 1 aliphatic rings. The van der Waals surface area contributed by atoms with Gasteiger partial charge in [-0.3, -0.25) is 9.48 Å². The predicted octanol–water partition coefficient (Wildman–Crippen LogP) is 4.14. The maximum absolute atomic E-state index is 12.4. The standard InChI is InChI=1S/C23H23N3O/c27-23(15-14-18-8-3-1-4-9-18)25-21-12-7-13-22-20(21)16-24-26(22)17-19-10-5-2-6-11-19/h1-6,8-11,14-16,21H,7,12-13,17H2,(H,25,27)/b15-14+. The van der Waals surface area contributed by atoms with E-state index in [9.17, 15) is 4.79 Å². The van der Waals surface area contributed by atoms with Crippen LogP contribution in [0.25, 0.3) is 6.08 Å². The zero-order valence-electron chi connectivity index (χ0n) is 15.2. The number of nitrogens with zero attached hydrogens (tertiary/aromatic N) is 2. The van der Waals surface area contributed by atoms with Gasteiger partial charge in [-0.2, -0.15) is 5.10 Å². The second-order valence-electron chi connectivity index (χ2n) is 6.89. The van der Waals surface area contributed by atoms with Gasteiger partial charge in [0.15, 0.2) is 0 Å². The minimum atomic E-state index is -0.0625. The van der Waals surface area contributed by atoms with E-state index in [1.54, 1.807) is 6.08 Å². The quantitative estimate of drug-likeness (QED) is 0.698. The third-order valence-electron chi connectivity index (χ3n) is 4.98. The molecular formula is C23H23N3O. The smallest absolute Gasteiger partial charge is 0.244 e. The van der Waals surface area contributed by atoms with Crippen molar-refractivity contribution >= 4 is 12.0 Å². The van der Waals surface area contributed by atoms with Crippen LogP contribution < -0.4 is 5.32 Å². The summed E-state index contributed by atoms with van der Waals surface area (Å²) in [6, 6.07) is 20.2. The van der Waals surface area contributed by atoms with Gasteiger partial charge in [0.1, 0.15) is 0 Å². The van der Waals surface area contributed by atoms with Crippen molar-refractivity contribution in [2.75, 3.05) is 0 Å². The number of hydrogen-bond donors (Lipinski definition) is 1. The van der Waals surface area contributed by atoms with E-state index < -0.39 is 0 Å². The highest BCUT2D eigenvalue weighted by molar-refractivity contribution is 5.92. The number of rotatable bonds is 5. The third kappa shape index (κ3) is 4.17. The highest BCUT2D eigenvalue weighted by atomic mass is 16.1. The average molecular weight is 357 g/mol. The molecule has 1 aliphatic carbocycles. The predicted molar refractivity (Wildman–Crippen MR) is 107 cm³/mol. The van der Waals surface area contributed by atoms with E-state index >= 15 is 0 Å². The number of carbonyl (C=O) groups excluding carboxylic acids is 1. The van der Waals surface area contributed by atoms with Crippen molar-refractivity contribution in [3.8, 4) is 0 Å². The van der Waals surface area contributed by atoms with Gasteiger partial charge >= 0.3 is 0 Å². The Bertz CT molecular complexity index is 929. The van der Waals surface area contributed by atoms with Crippen LogP contribution in [0.3, 0.4) is 0 Å². The molecule has 27 heavy (non-hydrogen) atoms. The molecule has 0 aliphatic heterocycles. The summed E-state index contributed by atoms with van der Waals surface area (Å²) in [4.78, 5) is 12.4. The molecule has 0 saturated carbocycles. The van der Waals surface area contributed by atoms with Gasteiger partial charge in [-0.15, -0.1) is 0 Å². The number of benzene rings is 2. The van der Waals surface area contributed by atoms with Crippen molar-refractivity contribution in [2.24, 2.45) is 0 Å². The van der Waals surface area contributed by atoms with Crippen LogP contribution in [-0.2, 0) is 17.8 Å². The van der Waals surface area contributed by atoms with Crippen molar-refractivity contribution in [2.45, 2.75) is 31.8 Å².